The fraction of sp³-hybridized carbons (Fsp3) is 0.824. The van der Waals surface area contributed by atoms with E-state index in [-0.39, 0.29) is 48.1 Å². The molecule has 4 rings (SSSR count). The van der Waals surface area contributed by atoms with Gasteiger partial charge in [0.15, 0.2) is 11.6 Å². The lowest BCUT2D eigenvalue weighted by Crippen LogP contribution is -2.60. The largest absolute Gasteiger partial charge is 0.465 e. The summed E-state index contributed by atoms with van der Waals surface area (Å²) in [5.74, 6) is 0.601. The third-order valence-corrected chi connectivity index (χ3v) is 12.0. The van der Waals surface area contributed by atoms with Crippen LogP contribution in [0, 0.1) is 45.3 Å². The standard InChI is InChI=1S/C34H52O6/c1-20(2)11-10-12-21(3)24-13-16-33(9)30-25(37)17-27-31(6,7)28(40-23(5)36)14-15-32(27,8)29(30)26(38)18-34(24,33)19-39-22(4)35/h20-21,24,27-28H,10-19H2,1-9H3. The second kappa shape index (κ2) is 10.7. The van der Waals surface area contributed by atoms with Crippen molar-refractivity contribution in [1.29, 1.82) is 0 Å². The molecule has 0 heterocycles. The van der Waals surface area contributed by atoms with Gasteiger partial charge >= 0.3 is 11.9 Å². The van der Waals surface area contributed by atoms with Crippen LogP contribution in [-0.4, -0.2) is 36.2 Å². The number of allylic oxidation sites excluding steroid dienone is 2. The zero-order valence-electron chi connectivity index (χ0n) is 26.4. The summed E-state index contributed by atoms with van der Waals surface area (Å²) in [5.41, 5.74) is -0.535. The monoisotopic (exact) mass is 556 g/mol. The Morgan fingerprint density at radius 2 is 1.57 bits per heavy atom. The Labute approximate surface area is 241 Å². The van der Waals surface area contributed by atoms with E-state index in [4.69, 9.17) is 9.47 Å². The van der Waals surface area contributed by atoms with Gasteiger partial charge in [0.05, 0.1) is 6.61 Å². The van der Waals surface area contributed by atoms with Gasteiger partial charge in [-0.15, -0.1) is 0 Å². The van der Waals surface area contributed by atoms with Crippen LogP contribution in [0.5, 0.6) is 0 Å². The average molecular weight is 557 g/mol. The highest BCUT2D eigenvalue weighted by Crippen LogP contribution is 2.71. The van der Waals surface area contributed by atoms with Crippen molar-refractivity contribution in [3.05, 3.63) is 11.1 Å². The number of fused-ring (bicyclic) bond motifs is 4. The summed E-state index contributed by atoms with van der Waals surface area (Å²) in [6, 6.07) is 0. The highest BCUT2D eigenvalue weighted by atomic mass is 16.5. The van der Waals surface area contributed by atoms with Crippen molar-refractivity contribution in [3.8, 4) is 0 Å². The predicted octanol–water partition coefficient (Wildman–Crippen LogP) is 7.03. The molecule has 6 heteroatoms. The van der Waals surface area contributed by atoms with Gasteiger partial charge in [-0.1, -0.05) is 67.7 Å². The molecule has 0 aliphatic heterocycles. The number of esters is 2. The van der Waals surface area contributed by atoms with Crippen LogP contribution in [0.4, 0.5) is 0 Å². The molecule has 4 aliphatic carbocycles. The van der Waals surface area contributed by atoms with Gasteiger partial charge in [0.1, 0.15) is 6.10 Å². The lowest BCUT2D eigenvalue weighted by atomic mass is 9.42. The second-order valence-corrected chi connectivity index (χ2v) is 15.1. The Morgan fingerprint density at radius 1 is 0.900 bits per heavy atom. The zero-order chi connectivity index (χ0) is 29.8. The summed E-state index contributed by atoms with van der Waals surface area (Å²) >= 11 is 0. The number of Topliss-reactive ketones (excluding diaryl/α,β-unsaturated/α-hetero) is 2. The van der Waals surface area contributed by atoms with Crippen molar-refractivity contribution in [2.45, 2.75) is 126 Å². The molecule has 7 atom stereocenters. The molecule has 0 aromatic heterocycles. The first-order chi connectivity index (χ1) is 18.5. The highest BCUT2D eigenvalue weighted by molar-refractivity contribution is 6.11. The van der Waals surface area contributed by atoms with Gasteiger partial charge < -0.3 is 9.47 Å². The topological polar surface area (TPSA) is 86.7 Å². The molecule has 4 aliphatic rings. The molecule has 0 aromatic rings. The summed E-state index contributed by atoms with van der Waals surface area (Å²) < 4.78 is 11.5. The molecule has 0 radical (unpaired) electrons. The van der Waals surface area contributed by atoms with Gasteiger partial charge in [-0.05, 0) is 49.4 Å². The van der Waals surface area contributed by atoms with E-state index in [1.807, 2.05) is 0 Å². The lowest BCUT2D eigenvalue weighted by molar-refractivity contribution is -0.170. The first-order valence-corrected chi connectivity index (χ1v) is 15.6. The molecular weight excluding hydrogens is 504 g/mol. The Hall–Kier alpha value is -1.98. The minimum absolute atomic E-state index is 0.0585. The molecular formula is C34H52O6. The normalized spacial score (nSPS) is 37.5. The number of rotatable bonds is 8. The van der Waals surface area contributed by atoms with Crippen LogP contribution in [-0.2, 0) is 28.7 Å². The Kier molecular flexibility index (Phi) is 8.28. The van der Waals surface area contributed by atoms with Gasteiger partial charge in [0, 0.05) is 59.5 Å². The van der Waals surface area contributed by atoms with Gasteiger partial charge in [-0.3, -0.25) is 19.2 Å². The van der Waals surface area contributed by atoms with E-state index in [2.05, 4.69) is 48.5 Å². The van der Waals surface area contributed by atoms with Crippen LogP contribution < -0.4 is 0 Å². The van der Waals surface area contributed by atoms with E-state index < -0.39 is 21.7 Å². The van der Waals surface area contributed by atoms with Crippen molar-refractivity contribution in [2.24, 2.45) is 45.3 Å². The molecule has 7 unspecified atom stereocenters. The number of carbonyl (C=O) groups excluding carboxylic acids is 4. The zero-order valence-corrected chi connectivity index (χ0v) is 26.4. The first kappa shape index (κ1) is 31.0. The van der Waals surface area contributed by atoms with Crippen LogP contribution in [0.1, 0.15) is 120 Å². The van der Waals surface area contributed by atoms with Crippen LogP contribution >= 0.6 is 0 Å². The molecule has 0 N–H and O–H groups in total. The van der Waals surface area contributed by atoms with E-state index in [0.29, 0.717) is 37.5 Å². The molecule has 0 spiro atoms. The fourth-order valence-electron chi connectivity index (χ4n) is 9.86. The summed E-state index contributed by atoms with van der Waals surface area (Å²) in [6.07, 6.45) is 6.89. The first-order valence-electron chi connectivity index (χ1n) is 15.6. The third kappa shape index (κ3) is 4.79. The van der Waals surface area contributed by atoms with Crippen LogP contribution in [0.25, 0.3) is 0 Å². The number of ether oxygens (including phenoxy) is 2. The number of carbonyl (C=O) groups is 4. The molecule has 6 nitrogen and oxygen atoms in total. The maximum Gasteiger partial charge on any atom is 0.302 e. The smallest absolute Gasteiger partial charge is 0.302 e. The summed E-state index contributed by atoms with van der Waals surface area (Å²) in [6.45, 7) is 18.4. The van der Waals surface area contributed by atoms with Crippen molar-refractivity contribution >= 4 is 23.5 Å². The third-order valence-electron chi connectivity index (χ3n) is 12.0. The van der Waals surface area contributed by atoms with E-state index in [9.17, 15) is 19.2 Å². The lowest BCUT2D eigenvalue weighted by Gasteiger charge is -2.61. The Morgan fingerprint density at radius 3 is 2.17 bits per heavy atom. The highest BCUT2D eigenvalue weighted by Gasteiger charge is 2.69. The minimum Gasteiger partial charge on any atom is -0.465 e. The molecule has 0 bridgehead atoms. The molecule has 0 aromatic carbocycles. The van der Waals surface area contributed by atoms with Crippen molar-refractivity contribution < 1.29 is 28.7 Å². The van der Waals surface area contributed by atoms with E-state index in [0.717, 1.165) is 36.8 Å². The van der Waals surface area contributed by atoms with Crippen LogP contribution in [0.2, 0.25) is 0 Å². The van der Waals surface area contributed by atoms with Gasteiger partial charge in [0.25, 0.3) is 0 Å². The van der Waals surface area contributed by atoms with Gasteiger partial charge in [0.2, 0.25) is 0 Å². The van der Waals surface area contributed by atoms with Crippen LogP contribution in [0.15, 0.2) is 11.1 Å². The molecule has 224 valence electrons. The Balaban J connectivity index is 1.80. The van der Waals surface area contributed by atoms with Crippen LogP contribution in [0.3, 0.4) is 0 Å². The Bertz CT molecular complexity index is 1100. The van der Waals surface area contributed by atoms with Crippen molar-refractivity contribution in [1.82, 2.24) is 0 Å². The number of hydrogen-bond donors (Lipinski definition) is 0. The summed E-state index contributed by atoms with van der Waals surface area (Å²) in [5, 5.41) is 0. The van der Waals surface area contributed by atoms with Crippen molar-refractivity contribution in [2.75, 3.05) is 6.61 Å². The second-order valence-electron chi connectivity index (χ2n) is 15.1. The molecule has 2 saturated carbocycles. The van der Waals surface area contributed by atoms with E-state index in [1.165, 1.54) is 20.3 Å². The van der Waals surface area contributed by atoms with Gasteiger partial charge in [-0.25, -0.2) is 0 Å². The van der Waals surface area contributed by atoms with E-state index in [1.54, 1.807) is 0 Å². The molecule has 40 heavy (non-hydrogen) atoms. The predicted molar refractivity (Wildman–Crippen MR) is 154 cm³/mol. The molecule has 2 fully saturated rings. The molecule has 0 amide bonds. The van der Waals surface area contributed by atoms with E-state index >= 15 is 0 Å². The average Bonchev–Trinajstić information content (AvgIpc) is 3.13. The molecule has 0 saturated heterocycles. The maximum absolute atomic E-state index is 14.5. The summed E-state index contributed by atoms with van der Waals surface area (Å²) in [7, 11) is 0. The quantitative estimate of drug-likeness (QED) is 0.298. The maximum atomic E-state index is 14.5. The minimum atomic E-state index is -0.574. The number of ketones is 2. The van der Waals surface area contributed by atoms with Gasteiger partial charge in [-0.2, -0.15) is 0 Å². The van der Waals surface area contributed by atoms with Crippen molar-refractivity contribution in [3.63, 3.8) is 0 Å². The fourth-order valence-corrected chi connectivity index (χ4v) is 9.86. The SMILES string of the molecule is CC(=O)OCC12CC(=O)C3=C(C(=O)CC4C3(C)CCC(OC(C)=O)C4(C)C)C1(C)CCC2C(C)CCCC(C)C. The number of hydrogen-bond acceptors (Lipinski definition) is 6. The summed E-state index contributed by atoms with van der Waals surface area (Å²) in [4.78, 5) is 52.8.